The van der Waals surface area contributed by atoms with Crippen molar-refractivity contribution >= 4 is 11.0 Å². The van der Waals surface area contributed by atoms with Crippen molar-refractivity contribution in [1.29, 1.82) is 0 Å². The maximum absolute atomic E-state index is 5.61. The normalized spacial score (nSPS) is 10.8. The number of aromatic nitrogens is 2. The number of methoxy groups -OCH3 is 3. The number of benzene rings is 2. The molecule has 0 aliphatic carbocycles. The molecule has 0 atom stereocenters. The van der Waals surface area contributed by atoms with Crippen LogP contribution in [-0.2, 0) is 6.54 Å². The molecule has 3 rings (SSSR count). The second-order valence-electron chi connectivity index (χ2n) is 5.30. The summed E-state index contributed by atoms with van der Waals surface area (Å²) in [6.07, 6.45) is 1.85. The number of para-hydroxylation sites is 2. The van der Waals surface area contributed by atoms with Gasteiger partial charge in [-0.15, -0.1) is 0 Å². The SMILES string of the molecule is COc1cc(C)c(Cn2cnc3ccccc32)c(OC)c1OC. The molecule has 1 aromatic heterocycles. The van der Waals surface area contributed by atoms with E-state index in [0.717, 1.165) is 22.2 Å². The minimum absolute atomic E-state index is 0.611. The molecule has 0 fully saturated rings. The zero-order chi connectivity index (χ0) is 16.4. The molecule has 3 aromatic rings. The summed E-state index contributed by atoms with van der Waals surface area (Å²) in [5.41, 5.74) is 4.19. The van der Waals surface area contributed by atoms with E-state index in [1.54, 1.807) is 21.3 Å². The Hall–Kier alpha value is -2.69. The molecule has 5 nitrogen and oxygen atoms in total. The topological polar surface area (TPSA) is 45.5 Å². The van der Waals surface area contributed by atoms with Crippen LogP contribution in [0.15, 0.2) is 36.7 Å². The number of fused-ring (bicyclic) bond motifs is 1. The highest BCUT2D eigenvalue weighted by Crippen LogP contribution is 2.42. The molecule has 120 valence electrons. The van der Waals surface area contributed by atoms with E-state index in [4.69, 9.17) is 14.2 Å². The van der Waals surface area contributed by atoms with Crippen LogP contribution in [-0.4, -0.2) is 30.9 Å². The third-order valence-electron chi connectivity index (χ3n) is 4.01. The van der Waals surface area contributed by atoms with E-state index in [2.05, 4.69) is 15.6 Å². The first-order valence-corrected chi connectivity index (χ1v) is 7.38. The van der Waals surface area contributed by atoms with Crippen LogP contribution in [0.5, 0.6) is 17.2 Å². The summed E-state index contributed by atoms with van der Waals surface area (Å²) in [6, 6.07) is 10.0. The fourth-order valence-electron chi connectivity index (χ4n) is 2.84. The third-order valence-corrected chi connectivity index (χ3v) is 4.01. The first kappa shape index (κ1) is 15.2. The van der Waals surface area contributed by atoms with Crippen molar-refractivity contribution < 1.29 is 14.2 Å². The van der Waals surface area contributed by atoms with Gasteiger partial charge in [-0.3, -0.25) is 0 Å². The van der Waals surface area contributed by atoms with E-state index in [1.165, 1.54) is 0 Å². The lowest BCUT2D eigenvalue weighted by Gasteiger charge is -2.18. The van der Waals surface area contributed by atoms with Crippen molar-refractivity contribution in [2.75, 3.05) is 21.3 Å². The number of hydrogen-bond donors (Lipinski definition) is 0. The number of imidazole rings is 1. The van der Waals surface area contributed by atoms with Gasteiger partial charge in [-0.25, -0.2) is 4.98 Å². The Bertz CT molecular complexity index is 840. The van der Waals surface area contributed by atoms with Crippen LogP contribution >= 0.6 is 0 Å². The Morgan fingerprint density at radius 1 is 1.00 bits per heavy atom. The first-order chi connectivity index (χ1) is 11.2. The van der Waals surface area contributed by atoms with E-state index in [9.17, 15) is 0 Å². The van der Waals surface area contributed by atoms with Crippen LogP contribution in [0.3, 0.4) is 0 Å². The summed E-state index contributed by atoms with van der Waals surface area (Å²) < 4.78 is 18.6. The molecule has 0 saturated carbocycles. The minimum Gasteiger partial charge on any atom is -0.493 e. The number of aryl methyl sites for hydroxylation is 1. The largest absolute Gasteiger partial charge is 0.493 e. The average Bonchev–Trinajstić information content (AvgIpc) is 2.99. The predicted molar refractivity (Wildman–Crippen MR) is 89.7 cm³/mol. The fraction of sp³-hybridized carbons (Fsp3) is 0.278. The van der Waals surface area contributed by atoms with Gasteiger partial charge in [0.05, 0.1) is 45.2 Å². The Kier molecular flexibility index (Phi) is 4.10. The lowest BCUT2D eigenvalue weighted by Crippen LogP contribution is -2.05. The Labute approximate surface area is 135 Å². The molecule has 0 N–H and O–H groups in total. The van der Waals surface area contributed by atoms with Crippen molar-refractivity contribution in [2.45, 2.75) is 13.5 Å². The summed E-state index contributed by atoms with van der Waals surface area (Å²) in [5.74, 6) is 1.98. The second-order valence-corrected chi connectivity index (χ2v) is 5.30. The Balaban J connectivity index is 2.12. The van der Waals surface area contributed by atoms with Crippen molar-refractivity contribution in [3.8, 4) is 17.2 Å². The number of nitrogens with zero attached hydrogens (tertiary/aromatic N) is 2. The highest BCUT2D eigenvalue weighted by Gasteiger charge is 2.19. The number of rotatable bonds is 5. The van der Waals surface area contributed by atoms with Crippen LogP contribution in [0.4, 0.5) is 0 Å². The maximum Gasteiger partial charge on any atom is 0.203 e. The summed E-state index contributed by atoms with van der Waals surface area (Å²) in [6.45, 7) is 2.69. The summed E-state index contributed by atoms with van der Waals surface area (Å²) >= 11 is 0. The molecule has 1 heterocycles. The molecule has 23 heavy (non-hydrogen) atoms. The fourth-order valence-corrected chi connectivity index (χ4v) is 2.84. The van der Waals surface area contributed by atoms with Crippen LogP contribution in [0.1, 0.15) is 11.1 Å². The lowest BCUT2D eigenvalue weighted by atomic mass is 10.1. The van der Waals surface area contributed by atoms with Crippen LogP contribution < -0.4 is 14.2 Å². The quantitative estimate of drug-likeness (QED) is 0.724. The van der Waals surface area contributed by atoms with E-state index < -0.39 is 0 Å². The molecule has 0 bridgehead atoms. The van der Waals surface area contributed by atoms with Gasteiger partial charge in [-0.05, 0) is 30.7 Å². The van der Waals surface area contributed by atoms with Gasteiger partial charge in [0.2, 0.25) is 5.75 Å². The van der Waals surface area contributed by atoms with Crippen molar-refractivity contribution in [3.05, 3.63) is 47.8 Å². The van der Waals surface area contributed by atoms with E-state index in [1.807, 2.05) is 37.5 Å². The average molecular weight is 312 g/mol. The highest BCUT2D eigenvalue weighted by molar-refractivity contribution is 5.75. The predicted octanol–water partition coefficient (Wildman–Crippen LogP) is 3.42. The molecular formula is C18H20N2O3. The third kappa shape index (κ3) is 2.59. The minimum atomic E-state index is 0.611. The van der Waals surface area contributed by atoms with Gasteiger partial charge in [0.15, 0.2) is 11.5 Å². The number of ether oxygens (including phenoxy) is 3. The van der Waals surface area contributed by atoms with E-state index in [-0.39, 0.29) is 0 Å². The smallest absolute Gasteiger partial charge is 0.203 e. The summed E-state index contributed by atoms with van der Waals surface area (Å²) in [4.78, 5) is 4.44. The number of hydrogen-bond acceptors (Lipinski definition) is 4. The summed E-state index contributed by atoms with van der Waals surface area (Å²) in [7, 11) is 4.89. The van der Waals surface area contributed by atoms with Gasteiger partial charge in [0.1, 0.15) is 0 Å². The summed E-state index contributed by atoms with van der Waals surface area (Å²) in [5, 5.41) is 0. The first-order valence-electron chi connectivity index (χ1n) is 7.38. The van der Waals surface area contributed by atoms with Crippen molar-refractivity contribution in [1.82, 2.24) is 9.55 Å². The Morgan fingerprint density at radius 3 is 2.43 bits per heavy atom. The monoisotopic (exact) mass is 312 g/mol. The van der Waals surface area contributed by atoms with Crippen LogP contribution in [0.25, 0.3) is 11.0 Å². The molecule has 0 radical (unpaired) electrons. The molecule has 0 saturated heterocycles. The van der Waals surface area contributed by atoms with Gasteiger partial charge >= 0.3 is 0 Å². The van der Waals surface area contributed by atoms with Crippen molar-refractivity contribution in [3.63, 3.8) is 0 Å². The van der Waals surface area contributed by atoms with Gasteiger partial charge in [-0.2, -0.15) is 0 Å². The molecule has 0 aliphatic rings. The van der Waals surface area contributed by atoms with Gasteiger partial charge in [-0.1, -0.05) is 12.1 Å². The van der Waals surface area contributed by atoms with E-state index in [0.29, 0.717) is 23.8 Å². The van der Waals surface area contributed by atoms with Gasteiger partial charge < -0.3 is 18.8 Å². The zero-order valence-electron chi connectivity index (χ0n) is 13.8. The molecule has 0 amide bonds. The molecule has 0 spiro atoms. The second kappa shape index (κ2) is 6.20. The maximum atomic E-state index is 5.61. The molecule has 0 unspecified atom stereocenters. The molecule has 0 aliphatic heterocycles. The van der Waals surface area contributed by atoms with Crippen molar-refractivity contribution in [2.24, 2.45) is 0 Å². The zero-order valence-corrected chi connectivity index (χ0v) is 13.8. The van der Waals surface area contributed by atoms with Gasteiger partial charge in [0, 0.05) is 5.56 Å². The molecule has 2 aromatic carbocycles. The standard InChI is InChI=1S/C18H20N2O3/c1-12-9-16(21-2)18(23-4)17(22-3)13(12)10-20-11-19-14-7-5-6-8-15(14)20/h5-9,11H,10H2,1-4H3. The van der Waals surface area contributed by atoms with Crippen LogP contribution in [0.2, 0.25) is 0 Å². The van der Waals surface area contributed by atoms with E-state index >= 15 is 0 Å². The molecular weight excluding hydrogens is 292 g/mol. The van der Waals surface area contributed by atoms with Gasteiger partial charge in [0.25, 0.3) is 0 Å². The Morgan fingerprint density at radius 2 is 1.74 bits per heavy atom. The highest BCUT2D eigenvalue weighted by atomic mass is 16.5. The lowest BCUT2D eigenvalue weighted by molar-refractivity contribution is 0.321. The van der Waals surface area contributed by atoms with Crippen LogP contribution in [0, 0.1) is 6.92 Å². The molecule has 5 heteroatoms.